The predicted octanol–water partition coefficient (Wildman–Crippen LogP) is 1.66. The third-order valence-corrected chi connectivity index (χ3v) is 2.43. The van der Waals surface area contributed by atoms with E-state index in [1.165, 1.54) is 6.07 Å². The minimum atomic E-state index is -2.20. The van der Waals surface area contributed by atoms with Crippen LogP contribution in [-0.2, 0) is 11.0 Å². The Morgan fingerprint density at radius 1 is 1.36 bits per heavy atom. The molecule has 0 aliphatic carbocycles. The molecule has 0 saturated heterocycles. The number of hydrogen-bond donors (Lipinski definition) is 2. The summed E-state index contributed by atoms with van der Waals surface area (Å²) in [6.45, 7) is 0. The van der Waals surface area contributed by atoms with Gasteiger partial charge >= 0.3 is 14.0 Å². The number of carbonyl (C=O) groups is 1. The molecule has 1 atom stereocenters. The largest absolute Gasteiger partial charge is 0.505 e. The van der Waals surface area contributed by atoms with Gasteiger partial charge in [0.25, 0.3) is 0 Å². The van der Waals surface area contributed by atoms with Crippen LogP contribution in [0.1, 0.15) is 15.9 Å². The first-order valence-electron chi connectivity index (χ1n) is 4.06. The summed E-state index contributed by atoms with van der Waals surface area (Å²) in [5, 5.41) is 8.80. The summed E-state index contributed by atoms with van der Waals surface area (Å²) in [6, 6.07) is 6.49. The zero-order valence-corrected chi connectivity index (χ0v) is 8.28. The van der Waals surface area contributed by atoms with E-state index in [1.807, 2.05) is 0 Å². The van der Waals surface area contributed by atoms with E-state index >= 15 is 0 Å². The first kappa shape index (κ1) is 10.8. The molecule has 1 rings (SSSR count). The monoisotopic (exact) mass is 213 g/mol. The van der Waals surface area contributed by atoms with Gasteiger partial charge in [0.1, 0.15) is 0 Å². The van der Waals surface area contributed by atoms with Crippen LogP contribution in [0.2, 0.25) is 0 Å². The molecule has 4 nitrogen and oxygen atoms in total. The van der Waals surface area contributed by atoms with Crippen LogP contribution in [0.4, 0.5) is 0 Å². The van der Waals surface area contributed by atoms with Crippen molar-refractivity contribution in [2.24, 2.45) is 0 Å². The molecule has 14 heavy (non-hydrogen) atoms. The van der Waals surface area contributed by atoms with Gasteiger partial charge in [0.15, 0.2) is 6.16 Å². The lowest BCUT2D eigenvalue weighted by atomic mass is 10.1. The zero-order chi connectivity index (χ0) is 10.6. The Morgan fingerprint density at radius 2 is 2.00 bits per heavy atom. The summed E-state index contributed by atoms with van der Waals surface area (Å²) in [7, 11) is -2.20. The summed E-state index contributed by atoms with van der Waals surface area (Å²) in [4.78, 5) is 19.3. The van der Waals surface area contributed by atoms with Crippen LogP contribution >= 0.6 is 8.03 Å². The summed E-state index contributed by atoms with van der Waals surface area (Å²) in [6.07, 6.45) is 0.411. The molecule has 1 aromatic rings. The van der Waals surface area contributed by atoms with E-state index in [2.05, 4.69) is 0 Å². The Bertz CT molecular complexity index is 362. The molecular weight excluding hydrogens is 203 g/mol. The van der Waals surface area contributed by atoms with Crippen LogP contribution in [0.15, 0.2) is 24.3 Å². The normalized spacial score (nSPS) is 11.1. The predicted molar refractivity (Wildman–Crippen MR) is 51.8 cm³/mol. The molecule has 0 amide bonds. The van der Waals surface area contributed by atoms with Gasteiger partial charge in [-0.25, -0.2) is 4.79 Å². The second kappa shape index (κ2) is 4.84. The third-order valence-electron chi connectivity index (χ3n) is 1.82. The molecule has 5 heteroatoms. The van der Waals surface area contributed by atoms with Gasteiger partial charge in [-0.05, 0) is 16.2 Å². The van der Waals surface area contributed by atoms with Crippen molar-refractivity contribution >= 4 is 14.0 Å². The number of hydrogen-bond acceptors (Lipinski definition) is 2. The Kier molecular flexibility index (Phi) is 3.74. The van der Waals surface area contributed by atoms with E-state index in [-0.39, 0.29) is 11.7 Å². The van der Waals surface area contributed by atoms with Crippen LogP contribution in [-0.4, -0.2) is 22.1 Å². The fourth-order valence-corrected chi connectivity index (χ4v) is 1.60. The van der Waals surface area contributed by atoms with Crippen LogP contribution in [0, 0.1) is 0 Å². The molecule has 1 unspecified atom stereocenters. The molecule has 0 saturated carbocycles. The van der Waals surface area contributed by atoms with Crippen molar-refractivity contribution in [2.45, 2.75) is 6.42 Å². The fraction of sp³-hybridized carbons (Fsp3) is 0.222. The number of rotatable bonds is 4. The number of benzene rings is 1. The SMILES string of the molecule is O=C(O)c1ccccc1CC[P+](=O)O. The van der Waals surface area contributed by atoms with Crippen molar-refractivity contribution < 1.29 is 19.4 Å². The van der Waals surface area contributed by atoms with Crippen molar-refractivity contribution in [2.75, 3.05) is 6.16 Å². The van der Waals surface area contributed by atoms with Gasteiger partial charge in [0.2, 0.25) is 0 Å². The number of aryl methyl sites for hydroxylation is 1. The van der Waals surface area contributed by atoms with Gasteiger partial charge in [-0.3, -0.25) is 0 Å². The van der Waals surface area contributed by atoms with Gasteiger partial charge in [0, 0.05) is 6.42 Å². The van der Waals surface area contributed by atoms with E-state index in [1.54, 1.807) is 18.2 Å². The van der Waals surface area contributed by atoms with Crippen molar-refractivity contribution in [3.8, 4) is 0 Å². The summed E-state index contributed by atoms with van der Waals surface area (Å²) in [5.74, 6) is -1.01. The molecule has 0 aliphatic heterocycles. The minimum absolute atomic E-state index is 0.0969. The fourth-order valence-electron chi connectivity index (χ4n) is 1.16. The summed E-state index contributed by atoms with van der Waals surface area (Å²) in [5.41, 5.74) is 0.793. The van der Waals surface area contributed by atoms with E-state index in [0.29, 0.717) is 12.0 Å². The zero-order valence-electron chi connectivity index (χ0n) is 7.38. The second-order valence-corrected chi connectivity index (χ2v) is 3.94. The highest BCUT2D eigenvalue weighted by molar-refractivity contribution is 7.37. The highest BCUT2D eigenvalue weighted by atomic mass is 31.1. The highest BCUT2D eigenvalue weighted by Crippen LogP contribution is 2.17. The number of carboxylic acids is 1. The van der Waals surface area contributed by atoms with Gasteiger partial charge in [-0.1, -0.05) is 18.2 Å². The molecule has 1 aromatic carbocycles. The molecule has 2 N–H and O–H groups in total. The quantitative estimate of drug-likeness (QED) is 0.746. The van der Waals surface area contributed by atoms with Gasteiger partial charge < -0.3 is 5.11 Å². The lowest BCUT2D eigenvalue weighted by molar-refractivity contribution is 0.0695. The first-order valence-corrected chi connectivity index (χ1v) is 5.46. The Morgan fingerprint density at radius 3 is 2.57 bits per heavy atom. The van der Waals surface area contributed by atoms with Crippen LogP contribution in [0.3, 0.4) is 0 Å². The van der Waals surface area contributed by atoms with Crippen molar-refractivity contribution in [3.63, 3.8) is 0 Å². The number of aromatic carboxylic acids is 1. The molecule has 0 heterocycles. The molecule has 0 fully saturated rings. The number of carboxylic acid groups (broad SMARTS) is 1. The molecule has 0 spiro atoms. The lowest BCUT2D eigenvalue weighted by Crippen LogP contribution is -2.02. The van der Waals surface area contributed by atoms with Crippen LogP contribution in [0.5, 0.6) is 0 Å². The Hall–Kier alpha value is -1.25. The Labute approximate surface area is 82.1 Å². The average Bonchev–Trinajstić information content (AvgIpc) is 2.15. The van der Waals surface area contributed by atoms with Gasteiger partial charge in [-0.15, -0.1) is 0 Å². The van der Waals surface area contributed by atoms with Crippen molar-refractivity contribution in [1.29, 1.82) is 0 Å². The van der Waals surface area contributed by atoms with Crippen LogP contribution in [0.25, 0.3) is 0 Å². The molecule has 0 aromatic heterocycles. The van der Waals surface area contributed by atoms with Crippen molar-refractivity contribution in [1.82, 2.24) is 0 Å². The van der Waals surface area contributed by atoms with E-state index in [9.17, 15) is 9.36 Å². The second-order valence-electron chi connectivity index (χ2n) is 2.79. The lowest BCUT2D eigenvalue weighted by Gasteiger charge is -2.00. The molecule has 0 radical (unpaired) electrons. The first-order chi connectivity index (χ1) is 6.61. The van der Waals surface area contributed by atoms with Crippen molar-refractivity contribution in [3.05, 3.63) is 35.4 Å². The topological polar surface area (TPSA) is 74.6 Å². The smallest absolute Gasteiger partial charge is 0.478 e. The van der Waals surface area contributed by atoms with Gasteiger partial charge in [0.05, 0.1) is 5.56 Å². The van der Waals surface area contributed by atoms with E-state index < -0.39 is 14.0 Å². The average molecular weight is 213 g/mol. The van der Waals surface area contributed by atoms with E-state index in [4.69, 9.17) is 10.00 Å². The maximum absolute atomic E-state index is 10.7. The maximum Gasteiger partial charge on any atom is 0.505 e. The minimum Gasteiger partial charge on any atom is -0.478 e. The Balaban J connectivity index is 2.84. The van der Waals surface area contributed by atoms with Crippen LogP contribution < -0.4 is 0 Å². The molecule has 74 valence electrons. The van der Waals surface area contributed by atoms with Gasteiger partial charge in [-0.2, -0.15) is 4.89 Å². The molecule has 0 aliphatic rings. The summed E-state index contributed by atoms with van der Waals surface area (Å²) >= 11 is 0. The highest BCUT2D eigenvalue weighted by Gasteiger charge is 2.14. The molecule has 0 bridgehead atoms. The maximum atomic E-state index is 10.7. The van der Waals surface area contributed by atoms with E-state index in [0.717, 1.165) is 0 Å². The summed E-state index contributed by atoms with van der Waals surface area (Å²) < 4.78 is 10.5. The molecular formula is C9H10O4P+. The standard InChI is InChI=1S/C9H9O4P/c10-9(11)8-4-2-1-3-7(8)5-6-14(12)13/h1-4H,5-6H2,(H-,10,11,12,13)/p+1. The third kappa shape index (κ3) is 2.91.